The van der Waals surface area contributed by atoms with Crippen LogP contribution in [0.2, 0.25) is 0 Å². The second kappa shape index (κ2) is 5.54. The molecule has 0 aromatic heterocycles. The number of terminal acetylenes is 1. The summed E-state index contributed by atoms with van der Waals surface area (Å²) in [4.78, 5) is 10.7. The molecule has 1 atom stereocenters. The molecule has 0 heterocycles. The van der Waals surface area contributed by atoms with E-state index in [0.717, 1.165) is 18.2 Å². The second-order valence-electron chi connectivity index (χ2n) is 3.81. The standard InChI is InChI=1S/C12H10F3NO3S/c1-3-8(2)16-11(17)9-6-4-5-7-10(9)20(18,19)12(13,14)15/h1,4-8H,2H3,(H,16,17)/t8-/m1/s1. The van der Waals surface area contributed by atoms with Gasteiger partial charge in [-0.15, -0.1) is 6.42 Å². The van der Waals surface area contributed by atoms with Gasteiger partial charge in [-0.25, -0.2) is 8.42 Å². The van der Waals surface area contributed by atoms with Gasteiger partial charge in [0.05, 0.1) is 16.5 Å². The third kappa shape index (κ3) is 3.11. The number of hydrogen-bond acceptors (Lipinski definition) is 3. The molecular formula is C12H10F3NO3S. The van der Waals surface area contributed by atoms with Crippen LogP contribution >= 0.6 is 0 Å². The predicted octanol–water partition coefficient (Wildman–Crippen LogP) is 1.73. The van der Waals surface area contributed by atoms with Crippen LogP contribution < -0.4 is 5.32 Å². The van der Waals surface area contributed by atoms with Gasteiger partial charge < -0.3 is 5.32 Å². The van der Waals surface area contributed by atoms with Crippen molar-refractivity contribution in [2.24, 2.45) is 0 Å². The summed E-state index contributed by atoms with van der Waals surface area (Å²) in [7, 11) is -5.61. The van der Waals surface area contributed by atoms with Crippen LogP contribution in [-0.2, 0) is 9.84 Å². The first-order valence-electron chi connectivity index (χ1n) is 5.28. The minimum absolute atomic E-state index is 0.605. The average Bonchev–Trinajstić information content (AvgIpc) is 2.37. The molecule has 8 heteroatoms. The average molecular weight is 305 g/mol. The Balaban J connectivity index is 3.34. The quantitative estimate of drug-likeness (QED) is 0.865. The Morgan fingerprint density at radius 3 is 2.40 bits per heavy atom. The van der Waals surface area contributed by atoms with Gasteiger partial charge in [0, 0.05) is 0 Å². The fraction of sp³-hybridized carbons (Fsp3) is 0.250. The summed E-state index contributed by atoms with van der Waals surface area (Å²) in [6, 6.07) is 3.31. The number of hydrogen-bond donors (Lipinski definition) is 1. The van der Waals surface area contributed by atoms with Crippen LogP contribution in [0.25, 0.3) is 0 Å². The number of halogens is 3. The first-order valence-corrected chi connectivity index (χ1v) is 6.77. The highest BCUT2D eigenvalue weighted by Gasteiger charge is 2.48. The second-order valence-corrected chi connectivity index (χ2v) is 5.72. The number of sulfone groups is 1. The van der Waals surface area contributed by atoms with Crippen LogP contribution in [0.15, 0.2) is 29.2 Å². The van der Waals surface area contributed by atoms with Crippen molar-refractivity contribution in [2.75, 3.05) is 0 Å². The molecule has 1 aromatic carbocycles. The minimum atomic E-state index is -5.61. The van der Waals surface area contributed by atoms with Gasteiger partial charge in [0.1, 0.15) is 0 Å². The summed E-state index contributed by atoms with van der Waals surface area (Å²) < 4.78 is 60.4. The molecule has 1 amide bonds. The van der Waals surface area contributed by atoms with Crippen LogP contribution in [0.4, 0.5) is 13.2 Å². The zero-order chi connectivity index (χ0) is 15.6. The maximum absolute atomic E-state index is 12.5. The van der Waals surface area contributed by atoms with Gasteiger partial charge in [-0.2, -0.15) is 13.2 Å². The number of amides is 1. The molecule has 1 rings (SSSR count). The molecule has 4 nitrogen and oxygen atoms in total. The first-order chi connectivity index (χ1) is 9.11. The monoisotopic (exact) mass is 305 g/mol. The van der Waals surface area contributed by atoms with Crippen LogP contribution in [0.5, 0.6) is 0 Å². The SMILES string of the molecule is C#C[C@@H](C)NC(=O)c1ccccc1S(=O)(=O)C(F)(F)F. The zero-order valence-corrected chi connectivity index (χ0v) is 11.0. The van der Waals surface area contributed by atoms with Crippen molar-refractivity contribution in [3.05, 3.63) is 29.8 Å². The van der Waals surface area contributed by atoms with E-state index in [1.54, 1.807) is 0 Å². The summed E-state index contributed by atoms with van der Waals surface area (Å²) in [5.41, 5.74) is -6.09. The van der Waals surface area contributed by atoms with E-state index in [9.17, 15) is 26.4 Å². The molecule has 1 N–H and O–H groups in total. The fourth-order valence-corrected chi connectivity index (χ4v) is 2.29. The Morgan fingerprint density at radius 1 is 1.35 bits per heavy atom. The molecule has 0 aliphatic rings. The predicted molar refractivity (Wildman–Crippen MR) is 65.4 cm³/mol. The Kier molecular flexibility index (Phi) is 4.45. The summed E-state index contributed by atoms with van der Waals surface area (Å²) in [6.07, 6.45) is 5.03. The highest BCUT2D eigenvalue weighted by atomic mass is 32.2. The molecule has 0 spiro atoms. The number of carbonyl (C=O) groups excluding carboxylic acids is 1. The minimum Gasteiger partial charge on any atom is -0.339 e. The zero-order valence-electron chi connectivity index (χ0n) is 10.2. The van der Waals surface area contributed by atoms with Crippen molar-refractivity contribution in [1.82, 2.24) is 5.32 Å². The van der Waals surface area contributed by atoms with E-state index >= 15 is 0 Å². The largest absolute Gasteiger partial charge is 0.501 e. The number of alkyl halides is 3. The molecule has 0 aliphatic carbocycles. The lowest BCUT2D eigenvalue weighted by molar-refractivity contribution is -0.0436. The van der Waals surface area contributed by atoms with E-state index < -0.39 is 37.8 Å². The van der Waals surface area contributed by atoms with E-state index in [1.807, 2.05) is 0 Å². The smallest absolute Gasteiger partial charge is 0.339 e. The summed E-state index contributed by atoms with van der Waals surface area (Å²) in [5.74, 6) is 1.16. The normalized spacial score (nSPS) is 13.3. The third-order valence-electron chi connectivity index (χ3n) is 2.32. The third-order valence-corrected chi connectivity index (χ3v) is 3.87. The van der Waals surface area contributed by atoms with E-state index in [4.69, 9.17) is 6.42 Å². The Hall–Kier alpha value is -2.01. The Bertz CT molecular complexity index is 659. The summed E-state index contributed by atoms with van der Waals surface area (Å²) >= 11 is 0. The molecule has 0 aliphatic heterocycles. The van der Waals surface area contributed by atoms with Gasteiger partial charge in [0.15, 0.2) is 0 Å². The van der Waals surface area contributed by atoms with E-state index in [-0.39, 0.29) is 0 Å². The van der Waals surface area contributed by atoms with Crippen molar-refractivity contribution < 1.29 is 26.4 Å². The number of rotatable bonds is 3. The van der Waals surface area contributed by atoms with Gasteiger partial charge in [-0.05, 0) is 19.1 Å². The Morgan fingerprint density at radius 2 is 1.90 bits per heavy atom. The molecule has 0 radical (unpaired) electrons. The number of carbonyl (C=O) groups is 1. The number of benzene rings is 1. The van der Waals surface area contributed by atoms with Crippen LogP contribution in [0.1, 0.15) is 17.3 Å². The van der Waals surface area contributed by atoms with Gasteiger partial charge in [0.25, 0.3) is 15.7 Å². The van der Waals surface area contributed by atoms with E-state index in [1.165, 1.54) is 13.0 Å². The highest BCUT2D eigenvalue weighted by Crippen LogP contribution is 2.32. The lowest BCUT2D eigenvalue weighted by Gasteiger charge is -2.13. The molecular weight excluding hydrogens is 295 g/mol. The fourth-order valence-electron chi connectivity index (χ4n) is 1.33. The molecule has 0 saturated heterocycles. The van der Waals surface area contributed by atoms with Crippen LogP contribution in [0, 0.1) is 12.3 Å². The van der Waals surface area contributed by atoms with Gasteiger partial charge in [-0.1, -0.05) is 18.1 Å². The first kappa shape index (κ1) is 16.0. The van der Waals surface area contributed by atoms with E-state index in [0.29, 0.717) is 0 Å². The highest BCUT2D eigenvalue weighted by molar-refractivity contribution is 7.92. The van der Waals surface area contributed by atoms with Crippen LogP contribution in [0.3, 0.4) is 0 Å². The molecule has 0 bridgehead atoms. The maximum Gasteiger partial charge on any atom is 0.501 e. The molecule has 20 heavy (non-hydrogen) atoms. The maximum atomic E-state index is 12.5. The van der Waals surface area contributed by atoms with Gasteiger partial charge >= 0.3 is 5.51 Å². The summed E-state index contributed by atoms with van der Waals surface area (Å²) in [6.45, 7) is 1.43. The van der Waals surface area contributed by atoms with Crippen molar-refractivity contribution in [1.29, 1.82) is 0 Å². The molecule has 0 unspecified atom stereocenters. The molecule has 0 saturated carbocycles. The van der Waals surface area contributed by atoms with Gasteiger partial charge in [-0.3, -0.25) is 4.79 Å². The topological polar surface area (TPSA) is 63.2 Å². The van der Waals surface area contributed by atoms with Crippen molar-refractivity contribution in [3.8, 4) is 12.3 Å². The Labute approximate surface area is 113 Å². The summed E-state index contributed by atoms with van der Waals surface area (Å²) in [5, 5.41) is 2.20. The van der Waals surface area contributed by atoms with Crippen LogP contribution in [-0.4, -0.2) is 25.9 Å². The molecule has 1 aromatic rings. The molecule has 108 valence electrons. The lowest BCUT2D eigenvalue weighted by atomic mass is 10.2. The van der Waals surface area contributed by atoms with Crippen molar-refractivity contribution >= 4 is 15.7 Å². The molecule has 0 fully saturated rings. The van der Waals surface area contributed by atoms with Crippen molar-refractivity contribution in [3.63, 3.8) is 0 Å². The van der Waals surface area contributed by atoms with E-state index in [2.05, 4.69) is 11.2 Å². The number of nitrogens with one attached hydrogen (secondary N) is 1. The lowest BCUT2D eigenvalue weighted by Crippen LogP contribution is -2.33. The van der Waals surface area contributed by atoms with Gasteiger partial charge in [0.2, 0.25) is 0 Å². The van der Waals surface area contributed by atoms with Crippen molar-refractivity contribution in [2.45, 2.75) is 23.4 Å².